The first-order valence-electron chi connectivity index (χ1n) is 6.01. The number of hydroxylamine groups is 1. The Kier molecular flexibility index (Phi) is 4.91. The first-order chi connectivity index (χ1) is 9.79. The summed E-state index contributed by atoms with van der Waals surface area (Å²) in [6.07, 6.45) is 1.58. The molecule has 6 heteroatoms. The Morgan fingerprint density at radius 2 is 2.00 bits per heavy atom. The van der Waals surface area contributed by atoms with Crippen molar-refractivity contribution in [1.82, 2.24) is 10.5 Å². The lowest BCUT2D eigenvalue weighted by Crippen LogP contribution is -2.29. The van der Waals surface area contributed by atoms with Gasteiger partial charge in [0, 0.05) is 6.20 Å². The number of hydrogen-bond donors (Lipinski definition) is 2. The second kappa shape index (κ2) is 7.10. The first kappa shape index (κ1) is 13.8. The Morgan fingerprint density at radius 3 is 2.75 bits per heavy atom. The molecule has 0 aliphatic rings. The molecule has 0 aliphatic heterocycles. The lowest BCUT2D eigenvalue weighted by molar-refractivity contribution is 0.0535. The van der Waals surface area contributed by atoms with Crippen molar-refractivity contribution in [3.63, 3.8) is 0 Å². The average molecular weight is 273 g/mol. The molecular weight excluding hydrogens is 258 g/mol. The summed E-state index contributed by atoms with van der Waals surface area (Å²) in [5.74, 6) is 0.339. The van der Waals surface area contributed by atoms with Crippen molar-refractivity contribution in [2.75, 3.05) is 12.4 Å². The number of nitrogens with zero attached hydrogens (tertiary/aromatic N) is 1. The highest BCUT2D eigenvalue weighted by molar-refractivity contribution is 5.89. The van der Waals surface area contributed by atoms with Gasteiger partial charge in [-0.15, -0.1) is 0 Å². The third-order valence-electron chi connectivity index (χ3n) is 2.46. The molecule has 0 atom stereocenters. The molecule has 0 spiro atoms. The van der Waals surface area contributed by atoms with E-state index in [1.807, 2.05) is 30.3 Å². The van der Waals surface area contributed by atoms with Crippen LogP contribution in [-0.4, -0.2) is 18.1 Å². The number of carbonyl (C=O) groups is 1. The van der Waals surface area contributed by atoms with Crippen LogP contribution in [0.1, 0.15) is 5.56 Å². The fraction of sp³-hybridized carbons (Fsp3) is 0.143. The van der Waals surface area contributed by atoms with Crippen LogP contribution >= 0.6 is 0 Å². The minimum atomic E-state index is -0.493. The molecule has 1 aromatic heterocycles. The summed E-state index contributed by atoms with van der Waals surface area (Å²) in [6, 6.07) is 12.4. The number of rotatable bonds is 5. The molecule has 0 saturated heterocycles. The number of benzene rings is 1. The minimum absolute atomic E-state index is 0.290. The van der Waals surface area contributed by atoms with Gasteiger partial charge in [-0.2, -0.15) is 0 Å². The predicted molar refractivity (Wildman–Crippen MR) is 74.2 cm³/mol. The minimum Gasteiger partial charge on any atom is -0.480 e. The van der Waals surface area contributed by atoms with E-state index in [0.717, 1.165) is 5.56 Å². The van der Waals surface area contributed by atoms with Crippen molar-refractivity contribution < 1.29 is 14.4 Å². The Labute approximate surface area is 116 Å². The smallest absolute Gasteiger partial charge is 0.343 e. The second-order valence-corrected chi connectivity index (χ2v) is 3.89. The first-order valence-corrected chi connectivity index (χ1v) is 6.01. The van der Waals surface area contributed by atoms with E-state index in [9.17, 15) is 4.79 Å². The van der Waals surface area contributed by atoms with Gasteiger partial charge in [0.2, 0.25) is 5.88 Å². The van der Waals surface area contributed by atoms with Gasteiger partial charge in [0.25, 0.3) is 0 Å². The Hall–Kier alpha value is -2.60. The summed E-state index contributed by atoms with van der Waals surface area (Å²) in [6.45, 7) is 0.290. The summed E-state index contributed by atoms with van der Waals surface area (Å²) in [5.41, 5.74) is 3.73. The molecule has 6 nitrogen and oxygen atoms in total. The molecule has 0 aliphatic carbocycles. The van der Waals surface area contributed by atoms with Crippen LogP contribution < -0.4 is 15.5 Å². The maximum absolute atomic E-state index is 11.6. The normalized spacial score (nSPS) is 9.85. The fourth-order valence-corrected chi connectivity index (χ4v) is 1.56. The molecule has 2 amide bonds. The summed E-state index contributed by atoms with van der Waals surface area (Å²) < 4.78 is 5.03. The zero-order chi connectivity index (χ0) is 14.2. The second-order valence-electron chi connectivity index (χ2n) is 3.89. The third-order valence-corrected chi connectivity index (χ3v) is 2.46. The van der Waals surface area contributed by atoms with E-state index >= 15 is 0 Å². The largest absolute Gasteiger partial charge is 0.480 e. The van der Waals surface area contributed by atoms with Crippen LogP contribution in [0.4, 0.5) is 10.5 Å². The van der Waals surface area contributed by atoms with Gasteiger partial charge in [0.15, 0.2) is 0 Å². The Balaban J connectivity index is 1.81. The van der Waals surface area contributed by atoms with Gasteiger partial charge in [-0.3, -0.25) is 4.84 Å². The van der Waals surface area contributed by atoms with Crippen molar-refractivity contribution in [2.24, 2.45) is 0 Å². The maximum atomic E-state index is 11.6. The molecule has 2 aromatic rings. The highest BCUT2D eigenvalue weighted by atomic mass is 16.7. The van der Waals surface area contributed by atoms with E-state index in [2.05, 4.69) is 15.8 Å². The molecule has 0 unspecified atom stereocenters. The molecule has 0 saturated carbocycles. The van der Waals surface area contributed by atoms with E-state index in [1.165, 1.54) is 7.11 Å². The quantitative estimate of drug-likeness (QED) is 0.820. The number of amides is 2. The van der Waals surface area contributed by atoms with Gasteiger partial charge < -0.3 is 10.1 Å². The SMILES string of the molecule is COc1ncccc1NC(=O)NOCc1ccccc1. The number of urea groups is 1. The zero-order valence-electron chi connectivity index (χ0n) is 11.0. The number of anilines is 1. The number of pyridine rings is 1. The van der Waals surface area contributed by atoms with Crippen LogP contribution in [-0.2, 0) is 11.4 Å². The van der Waals surface area contributed by atoms with Gasteiger partial charge in [0.1, 0.15) is 5.69 Å². The summed E-state index contributed by atoms with van der Waals surface area (Å²) in [4.78, 5) is 20.7. The van der Waals surface area contributed by atoms with Crippen LogP contribution in [0, 0.1) is 0 Å². The maximum Gasteiger partial charge on any atom is 0.343 e. The predicted octanol–water partition coefficient (Wildman–Crippen LogP) is 2.34. The standard InChI is InChI=1S/C14H15N3O3/c1-19-13-12(8-5-9-15-13)16-14(18)17-20-10-11-6-3-2-4-7-11/h2-9H,10H2,1H3,(H2,16,17,18). The van der Waals surface area contributed by atoms with E-state index in [4.69, 9.17) is 9.57 Å². The molecule has 104 valence electrons. The average Bonchev–Trinajstić information content (AvgIpc) is 2.49. The molecule has 1 aromatic carbocycles. The van der Waals surface area contributed by atoms with Crippen molar-refractivity contribution in [1.29, 1.82) is 0 Å². The molecule has 2 rings (SSSR count). The van der Waals surface area contributed by atoms with Crippen molar-refractivity contribution >= 4 is 11.7 Å². The number of methoxy groups -OCH3 is 1. The van der Waals surface area contributed by atoms with Crippen LogP contribution in [0.15, 0.2) is 48.7 Å². The van der Waals surface area contributed by atoms with Gasteiger partial charge >= 0.3 is 6.03 Å². The van der Waals surface area contributed by atoms with Gasteiger partial charge in [-0.05, 0) is 17.7 Å². The number of ether oxygens (including phenoxy) is 1. The topological polar surface area (TPSA) is 72.5 Å². The van der Waals surface area contributed by atoms with Gasteiger partial charge in [-0.1, -0.05) is 30.3 Å². The molecule has 1 heterocycles. The van der Waals surface area contributed by atoms with Crippen molar-refractivity contribution in [3.05, 3.63) is 54.2 Å². The van der Waals surface area contributed by atoms with E-state index < -0.39 is 6.03 Å². The molecule has 0 fully saturated rings. The number of hydrogen-bond acceptors (Lipinski definition) is 4. The highest BCUT2D eigenvalue weighted by Crippen LogP contribution is 2.19. The number of carbonyl (C=O) groups excluding carboxylic acids is 1. The lowest BCUT2D eigenvalue weighted by Gasteiger charge is -2.10. The summed E-state index contributed by atoms with van der Waals surface area (Å²) in [7, 11) is 1.48. The van der Waals surface area contributed by atoms with Crippen LogP contribution in [0.2, 0.25) is 0 Å². The van der Waals surface area contributed by atoms with E-state index in [1.54, 1.807) is 18.3 Å². The van der Waals surface area contributed by atoms with Gasteiger partial charge in [0.05, 0.1) is 13.7 Å². The molecule has 20 heavy (non-hydrogen) atoms. The number of aromatic nitrogens is 1. The zero-order valence-corrected chi connectivity index (χ0v) is 11.0. The van der Waals surface area contributed by atoms with Crippen LogP contribution in [0.3, 0.4) is 0 Å². The number of nitrogens with one attached hydrogen (secondary N) is 2. The molecule has 2 N–H and O–H groups in total. The monoisotopic (exact) mass is 273 g/mol. The highest BCUT2D eigenvalue weighted by Gasteiger charge is 2.07. The van der Waals surface area contributed by atoms with E-state index in [-0.39, 0.29) is 0 Å². The van der Waals surface area contributed by atoms with Gasteiger partial charge in [-0.25, -0.2) is 15.3 Å². The lowest BCUT2D eigenvalue weighted by atomic mass is 10.2. The van der Waals surface area contributed by atoms with Crippen LogP contribution in [0.25, 0.3) is 0 Å². The van der Waals surface area contributed by atoms with E-state index in [0.29, 0.717) is 18.2 Å². The van der Waals surface area contributed by atoms with Crippen molar-refractivity contribution in [2.45, 2.75) is 6.61 Å². The summed E-state index contributed by atoms with van der Waals surface area (Å²) >= 11 is 0. The third kappa shape index (κ3) is 3.96. The molecule has 0 radical (unpaired) electrons. The Morgan fingerprint density at radius 1 is 1.20 bits per heavy atom. The van der Waals surface area contributed by atoms with Crippen molar-refractivity contribution in [3.8, 4) is 5.88 Å². The molecular formula is C14H15N3O3. The molecule has 0 bridgehead atoms. The fourth-order valence-electron chi connectivity index (χ4n) is 1.56. The Bertz CT molecular complexity index is 561. The van der Waals surface area contributed by atoms with Crippen LogP contribution in [0.5, 0.6) is 5.88 Å². The summed E-state index contributed by atoms with van der Waals surface area (Å²) in [5, 5.41) is 2.59.